The maximum Gasteiger partial charge on any atom is 0.250 e. The summed E-state index contributed by atoms with van der Waals surface area (Å²) in [6.07, 6.45) is 6.43. The molecule has 0 radical (unpaired) electrons. The van der Waals surface area contributed by atoms with Crippen molar-refractivity contribution in [1.82, 2.24) is 9.97 Å². The number of aromatic nitrogens is 2. The first kappa shape index (κ1) is 18.7. The minimum atomic E-state index is -0.347. The van der Waals surface area contributed by atoms with E-state index in [4.69, 9.17) is 0 Å². The van der Waals surface area contributed by atoms with Crippen LogP contribution >= 0.6 is 0 Å². The molecule has 2 aliphatic rings. The maximum absolute atomic E-state index is 14.4. The smallest absolute Gasteiger partial charge is 0.250 e. The van der Waals surface area contributed by atoms with Gasteiger partial charge >= 0.3 is 0 Å². The van der Waals surface area contributed by atoms with Gasteiger partial charge in [0, 0.05) is 18.7 Å². The first-order chi connectivity index (χ1) is 13.7. The Bertz CT molecular complexity index is 852. The third-order valence-corrected chi connectivity index (χ3v) is 5.49. The number of nitrogens with zero attached hydrogens (tertiary/aromatic N) is 4. The Balaban J connectivity index is 1.75. The van der Waals surface area contributed by atoms with E-state index in [1.54, 1.807) is 29.4 Å². The van der Waals surface area contributed by atoms with Crippen molar-refractivity contribution in [3.8, 4) is 0 Å². The van der Waals surface area contributed by atoms with Gasteiger partial charge in [0.15, 0.2) is 11.6 Å². The second-order valence-electron chi connectivity index (χ2n) is 7.44. The van der Waals surface area contributed by atoms with Gasteiger partial charge in [-0.25, -0.2) is 14.4 Å². The van der Waals surface area contributed by atoms with Crippen molar-refractivity contribution in [2.45, 2.75) is 51.6 Å². The largest absolute Gasteiger partial charge is 0.356 e. The van der Waals surface area contributed by atoms with Crippen LogP contribution in [0.15, 0.2) is 30.6 Å². The minimum Gasteiger partial charge on any atom is -0.356 e. The molecular formula is C21H26FN5O. The molecule has 0 spiro atoms. The summed E-state index contributed by atoms with van der Waals surface area (Å²) in [5.41, 5.74) is 1.17. The summed E-state index contributed by atoms with van der Waals surface area (Å²) in [5, 5.41) is 3.31. The summed E-state index contributed by atoms with van der Waals surface area (Å²) in [7, 11) is 0. The van der Waals surface area contributed by atoms with Gasteiger partial charge in [0.05, 0.1) is 6.54 Å². The molecule has 0 bridgehead atoms. The fraction of sp³-hybridized carbons (Fsp3) is 0.476. The van der Waals surface area contributed by atoms with E-state index >= 15 is 0 Å². The van der Waals surface area contributed by atoms with E-state index in [2.05, 4.69) is 27.1 Å². The SMILES string of the molecule is CCCC[C@@H]1Nc2ncnc(N3CCCC3)c2N(Cc2ccccc2F)C1=O. The summed E-state index contributed by atoms with van der Waals surface area (Å²) < 4.78 is 14.4. The summed E-state index contributed by atoms with van der Waals surface area (Å²) in [5.74, 6) is 1.07. The number of rotatable bonds is 6. The number of nitrogens with one attached hydrogen (secondary N) is 1. The third kappa shape index (κ3) is 3.53. The first-order valence-electron chi connectivity index (χ1n) is 10.1. The Morgan fingerprint density at radius 3 is 2.75 bits per heavy atom. The second kappa shape index (κ2) is 8.12. The van der Waals surface area contributed by atoms with Gasteiger partial charge in [-0.1, -0.05) is 38.0 Å². The normalized spacial score (nSPS) is 18.9. The van der Waals surface area contributed by atoms with Crippen LogP contribution in [0.4, 0.5) is 21.7 Å². The molecule has 2 aliphatic heterocycles. The number of carbonyl (C=O) groups is 1. The number of hydrogen-bond acceptors (Lipinski definition) is 5. The van der Waals surface area contributed by atoms with Crippen LogP contribution in [-0.4, -0.2) is 35.0 Å². The van der Waals surface area contributed by atoms with E-state index < -0.39 is 0 Å². The Morgan fingerprint density at radius 2 is 2.00 bits per heavy atom. The molecule has 0 saturated carbocycles. The highest BCUT2D eigenvalue weighted by molar-refractivity contribution is 6.06. The molecule has 1 fully saturated rings. The molecule has 1 atom stereocenters. The lowest BCUT2D eigenvalue weighted by Gasteiger charge is -2.37. The van der Waals surface area contributed by atoms with Crippen molar-refractivity contribution in [1.29, 1.82) is 0 Å². The van der Waals surface area contributed by atoms with Gasteiger partial charge in [-0.2, -0.15) is 0 Å². The van der Waals surface area contributed by atoms with Crippen molar-refractivity contribution < 1.29 is 9.18 Å². The molecule has 2 aromatic rings. The van der Waals surface area contributed by atoms with E-state index in [9.17, 15) is 9.18 Å². The Labute approximate surface area is 164 Å². The number of benzene rings is 1. The quantitative estimate of drug-likeness (QED) is 0.824. The zero-order valence-electron chi connectivity index (χ0n) is 16.2. The molecule has 0 unspecified atom stereocenters. The number of anilines is 3. The van der Waals surface area contributed by atoms with Crippen molar-refractivity contribution in [2.24, 2.45) is 0 Å². The molecule has 1 amide bonds. The molecule has 1 N–H and O–H groups in total. The van der Waals surface area contributed by atoms with Crippen molar-refractivity contribution >= 4 is 23.2 Å². The lowest BCUT2D eigenvalue weighted by Crippen LogP contribution is -2.48. The summed E-state index contributed by atoms with van der Waals surface area (Å²) in [6.45, 7) is 4.10. The molecule has 0 aliphatic carbocycles. The molecular weight excluding hydrogens is 357 g/mol. The van der Waals surface area contributed by atoms with Gasteiger partial charge in [-0.3, -0.25) is 9.69 Å². The fourth-order valence-electron chi connectivity index (χ4n) is 3.97. The molecule has 3 heterocycles. The Morgan fingerprint density at radius 1 is 1.21 bits per heavy atom. The predicted octanol–water partition coefficient (Wildman–Crippen LogP) is 3.73. The van der Waals surface area contributed by atoms with Crippen LogP contribution < -0.4 is 15.1 Å². The number of fused-ring (bicyclic) bond motifs is 1. The number of amides is 1. The van der Waals surface area contributed by atoms with E-state index in [-0.39, 0.29) is 24.3 Å². The van der Waals surface area contributed by atoms with Gasteiger partial charge in [-0.05, 0) is 25.3 Å². The molecule has 1 aromatic carbocycles. The standard InChI is InChI=1S/C21H26FN5O/c1-2-3-10-17-21(28)27(13-15-8-4-5-9-16(15)22)18-19(25-17)23-14-24-20(18)26-11-6-7-12-26/h4-5,8-9,14,17H,2-3,6-7,10-13H2,1H3,(H,23,24,25)/t17-/m0/s1. The van der Waals surface area contributed by atoms with E-state index in [0.717, 1.165) is 51.0 Å². The zero-order valence-corrected chi connectivity index (χ0v) is 16.2. The highest BCUT2D eigenvalue weighted by Crippen LogP contribution is 2.40. The van der Waals surface area contributed by atoms with Crippen LogP contribution in [0.3, 0.4) is 0 Å². The minimum absolute atomic E-state index is 0.0422. The number of hydrogen-bond donors (Lipinski definition) is 1. The van der Waals surface area contributed by atoms with Crippen LogP contribution in [0.1, 0.15) is 44.6 Å². The highest BCUT2D eigenvalue weighted by atomic mass is 19.1. The Kier molecular flexibility index (Phi) is 5.41. The van der Waals surface area contributed by atoms with Gasteiger partial charge < -0.3 is 10.2 Å². The fourth-order valence-corrected chi connectivity index (χ4v) is 3.97. The van der Waals surface area contributed by atoms with Crippen molar-refractivity contribution in [3.63, 3.8) is 0 Å². The maximum atomic E-state index is 14.4. The molecule has 6 nitrogen and oxygen atoms in total. The van der Waals surface area contributed by atoms with Gasteiger partial charge in [0.2, 0.25) is 5.91 Å². The molecule has 1 saturated heterocycles. The van der Waals surface area contributed by atoms with Gasteiger partial charge in [-0.15, -0.1) is 0 Å². The number of halogens is 1. The molecule has 28 heavy (non-hydrogen) atoms. The van der Waals surface area contributed by atoms with Gasteiger partial charge in [0.25, 0.3) is 0 Å². The van der Waals surface area contributed by atoms with Crippen molar-refractivity contribution in [3.05, 3.63) is 42.0 Å². The molecule has 148 valence electrons. The van der Waals surface area contributed by atoms with Crippen LogP contribution in [-0.2, 0) is 11.3 Å². The van der Waals surface area contributed by atoms with Crippen LogP contribution in [0.2, 0.25) is 0 Å². The molecule has 4 rings (SSSR count). The van der Waals surface area contributed by atoms with Crippen molar-refractivity contribution in [2.75, 3.05) is 28.2 Å². The number of carbonyl (C=O) groups excluding carboxylic acids is 1. The number of unbranched alkanes of at least 4 members (excludes halogenated alkanes) is 1. The average molecular weight is 383 g/mol. The topological polar surface area (TPSA) is 61.4 Å². The van der Waals surface area contributed by atoms with E-state index in [1.807, 2.05) is 0 Å². The molecule has 7 heteroatoms. The monoisotopic (exact) mass is 383 g/mol. The van der Waals surface area contributed by atoms with Crippen LogP contribution in [0, 0.1) is 5.82 Å². The first-order valence-corrected chi connectivity index (χ1v) is 10.1. The lowest BCUT2D eigenvalue weighted by molar-refractivity contribution is -0.119. The summed E-state index contributed by atoms with van der Waals surface area (Å²) in [6, 6.07) is 6.27. The zero-order chi connectivity index (χ0) is 19.5. The van der Waals surface area contributed by atoms with E-state index in [1.165, 1.54) is 6.07 Å². The Hall–Kier alpha value is -2.70. The van der Waals surface area contributed by atoms with E-state index in [0.29, 0.717) is 17.1 Å². The molecule has 1 aromatic heterocycles. The summed E-state index contributed by atoms with van der Waals surface area (Å²) >= 11 is 0. The average Bonchev–Trinajstić information content (AvgIpc) is 3.24. The van der Waals surface area contributed by atoms with Gasteiger partial charge in [0.1, 0.15) is 23.9 Å². The summed E-state index contributed by atoms with van der Waals surface area (Å²) in [4.78, 5) is 26.1. The highest BCUT2D eigenvalue weighted by Gasteiger charge is 2.37. The second-order valence-corrected chi connectivity index (χ2v) is 7.44. The lowest BCUT2D eigenvalue weighted by atomic mass is 10.0. The third-order valence-electron chi connectivity index (χ3n) is 5.49. The predicted molar refractivity (Wildman–Crippen MR) is 108 cm³/mol. The van der Waals surface area contributed by atoms with Crippen LogP contribution in [0.25, 0.3) is 0 Å². The van der Waals surface area contributed by atoms with Crippen LogP contribution in [0.5, 0.6) is 0 Å².